The molecule has 0 radical (unpaired) electrons. The summed E-state index contributed by atoms with van der Waals surface area (Å²) in [6.07, 6.45) is 10.3. The van der Waals surface area contributed by atoms with E-state index in [1.165, 1.54) is 5.56 Å². The topological polar surface area (TPSA) is 51.0 Å². The van der Waals surface area contributed by atoms with E-state index in [1.54, 1.807) is 10.9 Å². The number of aromatic nitrogens is 3. The Balaban J connectivity index is 1.67. The molecule has 6 heteroatoms. The van der Waals surface area contributed by atoms with E-state index in [1.807, 2.05) is 29.4 Å². The van der Waals surface area contributed by atoms with Gasteiger partial charge in [-0.1, -0.05) is 18.5 Å². The summed E-state index contributed by atoms with van der Waals surface area (Å²) in [5.41, 5.74) is 1.65. The van der Waals surface area contributed by atoms with Crippen molar-refractivity contribution in [2.24, 2.45) is 0 Å². The second-order valence-corrected chi connectivity index (χ2v) is 6.68. The predicted molar refractivity (Wildman–Crippen MR) is 94.1 cm³/mol. The third-order valence-corrected chi connectivity index (χ3v) is 4.80. The van der Waals surface area contributed by atoms with Gasteiger partial charge in [-0.05, 0) is 49.8 Å². The highest BCUT2D eigenvalue weighted by atomic mass is 35.5. The van der Waals surface area contributed by atoms with Gasteiger partial charge in [0.1, 0.15) is 0 Å². The van der Waals surface area contributed by atoms with E-state index >= 15 is 0 Å². The molecule has 2 aromatic rings. The summed E-state index contributed by atoms with van der Waals surface area (Å²) in [4.78, 5) is 18.9. The highest BCUT2D eigenvalue weighted by Gasteiger charge is 2.31. The van der Waals surface area contributed by atoms with Crippen LogP contribution in [0.25, 0.3) is 0 Å². The first-order valence-electron chi connectivity index (χ1n) is 8.62. The smallest absolute Gasteiger partial charge is 0.276 e. The third kappa shape index (κ3) is 3.78. The molecule has 1 unspecified atom stereocenters. The molecule has 128 valence electrons. The summed E-state index contributed by atoms with van der Waals surface area (Å²) in [6, 6.07) is 4.33. The number of halogens is 1. The number of carbonyl (C=O) groups is 1. The van der Waals surface area contributed by atoms with Crippen LogP contribution in [0.3, 0.4) is 0 Å². The second kappa shape index (κ2) is 7.79. The fraction of sp³-hybridized carbons (Fsp3) is 0.500. The summed E-state index contributed by atoms with van der Waals surface area (Å²) in [5, 5.41) is 4.83. The first-order valence-corrected chi connectivity index (χ1v) is 8.99. The van der Waals surface area contributed by atoms with Gasteiger partial charge in [-0.3, -0.25) is 14.5 Å². The number of hydrogen-bond acceptors (Lipinski definition) is 3. The molecule has 0 aliphatic carbocycles. The van der Waals surface area contributed by atoms with Crippen LogP contribution >= 0.6 is 11.6 Å². The van der Waals surface area contributed by atoms with Gasteiger partial charge in [0, 0.05) is 37.7 Å². The van der Waals surface area contributed by atoms with Crippen LogP contribution in [-0.4, -0.2) is 38.2 Å². The maximum Gasteiger partial charge on any atom is 0.276 e. The molecule has 0 N–H and O–H groups in total. The molecular weight excluding hydrogens is 324 g/mol. The van der Waals surface area contributed by atoms with Gasteiger partial charge >= 0.3 is 0 Å². The van der Waals surface area contributed by atoms with Crippen molar-refractivity contribution in [1.29, 1.82) is 0 Å². The summed E-state index contributed by atoms with van der Waals surface area (Å²) >= 11 is 6.24. The lowest BCUT2D eigenvalue weighted by atomic mass is 10.0. The minimum absolute atomic E-state index is 0.0351. The van der Waals surface area contributed by atoms with E-state index in [4.69, 9.17) is 11.6 Å². The molecule has 1 fully saturated rings. The average molecular weight is 347 g/mol. The molecule has 1 aliphatic heterocycles. The van der Waals surface area contributed by atoms with Crippen molar-refractivity contribution in [1.82, 2.24) is 19.7 Å². The number of pyridine rings is 1. The van der Waals surface area contributed by atoms with E-state index in [9.17, 15) is 4.79 Å². The fourth-order valence-corrected chi connectivity index (χ4v) is 3.54. The Bertz CT molecular complexity index is 686. The maximum absolute atomic E-state index is 12.9. The van der Waals surface area contributed by atoms with Crippen molar-refractivity contribution in [3.05, 3.63) is 47.0 Å². The van der Waals surface area contributed by atoms with Gasteiger partial charge in [-0.25, -0.2) is 0 Å². The van der Waals surface area contributed by atoms with Gasteiger partial charge in [0.2, 0.25) is 0 Å². The number of rotatable bonds is 6. The molecule has 0 bridgehead atoms. The minimum Gasteiger partial charge on any atom is -0.334 e. The van der Waals surface area contributed by atoms with E-state index < -0.39 is 0 Å². The Labute approximate surface area is 147 Å². The molecule has 0 spiro atoms. The number of aryl methyl sites for hydroxylation is 2. The van der Waals surface area contributed by atoms with Gasteiger partial charge in [0.05, 0.1) is 5.02 Å². The zero-order chi connectivity index (χ0) is 16.9. The lowest BCUT2D eigenvalue weighted by molar-refractivity contribution is 0.0724. The summed E-state index contributed by atoms with van der Waals surface area (Å²) in [5.74, 6) is -0.0351. The van der Waals surface area contributed by atoms with Gasteiger partial charge in [0.15, 0.2) is 5.69 Å². The first kappa shape index (κ1) is 17.0. The van der Waals surface area contributed by atoms with Crippen molar-refractivity contribution in [3.8, 4) is 0 Å². The van der Waals surface area contributed by atoms with E-state index in [0.29, 0.717) is 10.7 Å². The van der Waals surface area contributed by atoms with Crippen LogP contribution < -0.4 is 0 Å². The van der Waals surface area contributed by atoms with E-state index in [-0.39, 0.29) is 11.9 Å². The molecule has 1 saturated heterocycles. The number of hydrogen-bond donors (Lipinski definition) is 0. The van der Waals surface area contributed by atoms with Crippen LogP contribution in [0, 0.1) is 0 Å². The summed E-state index contributed by atoms with van der Waals surface area (Å²) < 4.78 is 1.76. The van der Waals surface area contributed by atoms with Crippen LogP contribution in [0.5, 0.6) is 0 Å². The largest absolute Gasteiger partial charge is 0.334 e. The Morgan fingerprint density at radius 1 is 1.38 bits per heavy atom. The van der Waals surface area contributed by atoms with E-state index in [2.05, 4.69) is 17.0 Å². The molecule has 24 heavy (non-hydrogen) atoms. The molecule has 0 saturated carbocycles. The monoisotopic (exact) mass is 346 g/mol. The van der Waals surface area contributed by atoms with Crippen LogP contribution in [0.4, 0.5) is 0 Å². The molecule has 3 heterocycles. The zero-order valence-corrected chi connectivity index (χ0v) is 14.7. The fourth-order valence-electron chi connectivity index (χ4n) is 3.31. The molecule has 3 rings (SSSR count). The lowest BCUT2D eigenvalue weighted by Gasteiger charge is -2.24. The van der Waals surface area contributed by atoms with E-state index in [0.717, 1.165) is 45.2 Å². The number of amides is 1. The Morgan fingerprint density at radius 3 is 2.92 bits per heavy atom. The Hall–Kier alpha value is -1.88. The van der Waals surface area contributed by atoms with Gasteiger partial charge in [-0.15, -0.1) is 0 Å². The van der Waals surface area contributed by atoms with Gasteiger partial charge in [-0.2, -0.15) is 5.10 Å². The normalized spacial score (nSPS) is 17.4. The quantitative estimate of drug-likeness (QED) is 0.803. The lowest BCUT2D eigenvalue weighted by Crippen LogP contribution is -2.36. The molecular formula is C18H23ClN4O. The number of carbonyl (C=O) groups excluding carboxylic acids is 1. The number of nitrogens with zero attached hydrogens (tertiary/aromatic N) is 4. The van der Waals surface area contributed by atoms with Crippen molar-refractivity contribution < 1.29 is 4.79 Å². The average Bonchev–Trinajstić information content (AvgIpc) is 3.20. The van der Waals surface area contributed by atoms with Crippen LogP contribution in [0.2, 0.25) is 5.02 Å². The zero-order valence-electron chi connectivity index (χ0n) is 14.0. The van der Waals surface area contributed by atoms with Crippen LogP contribution in [0.1, 0.15) is 48.7 Å². The summed E-state index contributed by atoms with van der Waals surface area (Å²) in [6.45, 7) is 3.64. The second-order valence-electron chi connectivity index (χ2n) is 6.28. The van der Waals surface area contributed by atoms with Crippen molar-refractivity contribution in [2.45, 2.75) is 51.6 Å². The molecule has 1 aliphatic rings. The van der Waals surface area contributed by atoms with Gasteiger partial charge in [0.25, 0.3) is 5.91 Å². The highest BCUT2D eigenvalue weighted by molar-refractivity contribution is 6.33. The van der Waals surface area contributed by atoms with Crippen molar-refractivity contribution in [3.63, 3.8) is 0 Å². The Kier molecular flexibility index (Phi) is 5.51. The SMILES string of the molecule is CCCn1cc(Cl)c(C(=O)N2CCCC2CCc2ccncc2)n1. The molecule has 2 aromatic heterocycles. The first-order chi connectivity index (χ1) is 11.7. The third-order valence-electron chi connectivity index (χ3n) is 4.53. The van der Waals surface area contributed by atoms with Crippen molar-refractivity contribution in [2.75, 3.05) is 6.54 Å². The molecule has 5 nitrogen and oxygen atoms in total. The highest BCUT2D eigenvalue weighted by Crippen LogP contribution is 2.26. The molecule has 1 amide bonds. The number of likely N-dealkylation sites (tertiary alicyclic amines) is 1. The maximum atomic E-state index is 12.9. The minimum atomic E-state index is -0.0351. The van der Waals surface area contributed by atoms with Gasteiger partial charge < -0.3 is 4.90 Å². The van der Waals surface area contributed by atoms with Crippen molar-refractivity contribution >= 4 is 17.5 Å². The molecule has 0 aromatic carbocycles. The van der Waals surface area contributed by atoms with Crippen LogP contribution in [0.15, 0.2) is 30.7 Å². The summed E-state index contributed by atoms with van der Waals surface area (Å²) in [7, 11) is 0. The predicted octanol–water partition coefficient (Wildman–Crippen LogP) is 3.58. The Morgan fingerprint density at radius 2 is 2.17 bits per heavy atom. The standard InChI is InChI=1S/C18H23ClN4O/c1-2-11-22-13-16(19)17(21-22)18(24)23-12-3-4-15(23)6-5-14-7-9-20-10-8-14/h7-10,13,15H,2-6,11-12H2,1H3. The van der Waals surface area contributed by atoms with Crippen LogP contribution in [-0.2, 0) is 13.0 Å². The molecule has 1 atom stereocenters.